The van der Waals surface area contributed by atoms with Gasteiger partial charge in [-0.3, -0.25) is 18.7 Å². The highest BCUT2D eigenvalue weighted by Crippen LogP contribution is 2.16. The van der Waals surface area contributed by atoms with Gasteiger partial charge in [0.05, 0.1) is 12.9 Å². The Morgan fingerprint density at radius 3 is 2.71 bits per heavy atom. The molecule has 0 saturated heterocycles. The first kappa shape index (κ1) is 19.7. The van der Waals surface area contributed by atoms with Crippen molar-refractivity contribution in [2.75, 3.05) is 20.2 Å². The van der Waals surface area contributed by atoms with E-state index in [9.17, 15) is 14.4 Å². The Bertz CT molecular complexity index is 1150. The zero-order valence-corrected chi connectivity index (χ0v) is 16.5. The minimum atomic E-state index is -0.490. The van der Waals surface area contributed by atoms with E-state index in [1.165, 1.54) is 34.5 Å². The smallest absolute Gasteiger partial charge is 0.332 e. The van der Waals surface area contributed by atoms with Crippen molar-refractivity contribution < 1.29 is 9.53 Å². The summed E-state index contributed by atoms with van der Waals surface area (Å²) in [6.45, 7) is 0.579. The van der Waals surface area contributed by atoms with Crippen LogP contribution in [0.3, 0.4) is 0 Å². The fourth-order valence-electron chi connectivity index (χ4n) is 2.77. The number of nitrogens with zero attached hydrogens (tertiary/aromatic N) is 5. The number of aryl methyl sites for hydroxylation is 1. The van der Waals surface area contributed by atoms with E-state index in [0.29, 0.717) is 23.9 Å². The zero-order valence-electron chi connectivity index (χ0n) is 15.8. The highest BCUT2D eigenvalue weighted by atomic mass is 35.5. The summed E-state index contributed by atoms with van der Waals surface area (Å²) >= 11 is 5.91. The Kier molecular flexibility index (Phi) is 5.55. The quantitative estimate of drug-likeness (QED) is 0.599. The lowest BCUT2D eigenvalue weighted by Crippen LogP contribution is -2.38. The van der Waals surface area contributed by atoms with Crippen molar-refractivity contribution in [2.45, 2.75) is 6.54 Å². The van der Waals surface area contributed by atoms with Gasteiger partial charge in [0.25, 0.3) is 5.56 Å². The summed E-state index contributed by atoms with van der Waals surface area (Å²) in [7, 11) is 4.57. The number of ether oxygens (including phenoxy) is 1. The molecule has 3 rings (SSSR count). The van der Waals surface area contributed by atoms with Crippen molar-refractivity contribution in [2.24, 2.45) is 14.1 Å². The van der Waals surface area contributed by atoms with Crippen LogP contribution in [-0.4, -0.2) is 49.7 Å². The van der Waals surface area contributed by atoms with Crippen LogP contribution in [0.25, 0.3) is 11.2 Å². The number of amides is 1. The van der Waals surface area contributed by atoms with Crippen molar-refractivity contribution in [1.82, 2.24) is 23.6 Å². The Morgan fingerprint density at radius 1 is 1.25 bits per heavy atom. The second-order valence-electron chi connectivity index (χ2n) is 6.37. The van der Waals surface area contributed by atoms with Crippen LogP contribution in [0.2, 0.25) is 5.02 Å². The number of hydrogen-bond donors (Lipinski definition) is 0. The van der Waals surface area contributed by atoms with Crippen molar-refractivity contribution in [1.29, 1.82) is 0 Å². The van der Waals surface area contributed by atoms with Crippen molar-refractivity contribution >= 4 is 28.7 Å². The Hall–Kier alpha value is -3.07. The van der Waals surface area contributed by atoms with E-state index >= 15 is 0 Å². The summed E-state index contributed by atoms with van der Waals surface area (Å²) in [4.78, 5) is 42.5. The largest absolute Gasteiger partial charge is 0.492 e. The molecule has 28 heavy (non-hydrogen) atoms. The maximum absolute atomic E-state index is 12.5. The van der Waals surface area contributed by atoms with Crippen LogP contribution in [0, 0.1) is 0 Å². The molecule has 0 aliphatic rings. The first-order valence-electron chi connectivity index (χ1n) is 8.52. The highest BCUT2D eigenvalue weighted by molar-refractivity contribution is 6.30. The first-order valence-corrected chi connectivity index (χ1v) is 8.90. The number of likely N-dealkylation sites (N-methyl/N-ethyl adjacent to an activating group) is 1. The lowest BCUT2D eigenvalue weighted by molar-refractivity contribution is -0.130. The number of hydrogen-bond acceptors (Lipinski definition) is 5. The van der Waals surface area contributed by atoms with Crippen LogP contribution < -0.4 is 16.0 Å². The minimum absolute atomic E-state index is 0.0718. The number of imidazole rings is 1. The average molecular weight is 406 g/mol. The Morgan fingerprint density at radius 2 is 2.00 bits per heavy atom. The standard InChI is InChI=1S/C18H20ClN5O4/c1-21(7-8-28-13-6-4-5-12(19)9-13)14(25)10-24-11-20-16-15(24)17(26)23(3)18(27)22(16)2/h4-6,9,11H,7-8,10H2,1-3H3. The van der Waals surface area contributed by atoms with Crippen LogP contribution in [0.1, 0.15) is 0 Å². The van der Waals surface area contributed by atoms with Gasteiger partial charge in [-0.25, -0.2) is 9.78 Å². The third kappa shape index (κ3) is 3.79. The number of halogens is 1. The maximum atomic E-state index is 12.5. The number of carbonyl (C=O) groups is 1. The van der Waals surface area contributed by atoms with E-state index < -0.39 is 11.2 Å². The van der Waals surface area contributed by atoms with Gasteiger partial charge in [-0.15, -0.1) is 0 Å². The van der Waals surface area contributed by atoms with Gasteiger partial charge in [-0.2, -0.15) is 0 Å². The van der Waals surface area contributed by atoms with E-state index in [1.807, 2.05) is 0 Å². The molecule has 0 spiro atoms. The molecule has 148 valence electrons. The van der Waals surface area contributed by atoms with Gasteiger partial charge in [-0.1, -0.05) is 17.7 Å². The maximum Gasteiger partial charge on any atom is 0.332 e. The highest BCUT2D eigenvalue weighted by Gasteiger charge is 2.17. The van der Waals surface area contributed by atoms with Gasteiger partial charge in [0.1, 0.15) is 18.9 Å². The van der Waals surface area contributed by atoms with E-state index in [2.05, 4.69) is 4.98 Å². The molecule has 2 heterocycles. The molecule has 0 unspecified atom stereocenters. The third-order valence-corrected chi connectivity index (χ3v) is 4.68. The Balaban J connectivity index is 1.69. The molecule has 1 aromatic carbocycles. The molecule has 0 radical (unpaired) electrons. The molecule has 10 heteroatoms. The fourth-order valence-corrected chi connectivity index (χ4v) is 2.95. The molecular formula is C18H20ClN5O4. The van der Waals surface area contributed by atoms with Crippen molar-refractivity contribution in [3.05, 3.63) is 56.5 Å². The molecule has 9 nitrogen and oxygen atoms in total. The van der Waals surface area contributed by atoms with Crippen LogP contribution in [-0.2, 0) is 25.4 Å². The van der Waals surface area contributed by atoms with Gasteiger partial charge >= 0.3 is 5.69 Å². The molecule has 1 amide bonds. The van der Waals surface area contributed by atoms with E-state index in [4.69, 9.17) is 16.3 Å². The van der Waals surface area contributed by atoms with E-state index in [0.717, 1.165) is 4.57 Å². The van der Waals surface area contributed by atoms with Crippen LogP contribution in [0.15, 0.2) is 40.2 Å². The molecule has 2 aromatic heterocycles. The van der Waals surface area contributed by atoms with Gasteiger partial charge in [-0.05, 0) is 18.2 Å². The summed E-state index contributed by atoms with van der Waals surface area (Å²) in [5.41, 5.74) is -0.505. The molecule has 0 aliphatic heterocycles. The molecule has 0 N–H and O–H groups in total. The van der Waals surface area contributed by atoms with Gasteiger partial charge in [0.2, 0.25) is 5.91 Å². The average Bonchev–Trinajstić information content (AvgIpc) is 3.08. The monoisotopic (exact) mass is 405 g/mol. The predicted molar refractivity (Wildman–Crippen MR) is 105 cm³/mol. The minimum Gasteiger partial charge on any atom is -0.492 e. The summed E-state index contributed by atoms with van der Waals surface area (Å²) in [5.74, 6) is 0.406. The van der Waals surface area contributed by atoms with Crippen LogP contribution in [0.4, 0.5) is 0 Å². The normalized spacial score (nSPS) is 11.0. The molecule has 0 fully saturated rings. The summed E-state index contributed by atoms with van der Waals surface area (Å²) in [6, 6.07) is 7.01. The lowest BCUT2D eigenvalue weighted by atomic mass is 10.3. The second-order valence-corrected chi connectivity index (χ2v) is 6.81. The summed E-state index contributed by atoms with van der Waals surface area (Å²) in [5, 5.41) is 0.574. The van der Waals surface area contributed by atoms with E-state index in [1.54, 1.807) is 31.3 Å². The van der Waals surface area contributed by atoms with Crippen molar-refractivity contribution in [3.63, 3.8) is 0 Å². The van der Waals surface area contributed by atoms with Crippen LogP contribution >= 0.6 is 11.6 Å². The number of rotatable bonds is 6. The van der Waals surface area contributed by atoms with Gasteiger partial charge < -0.3 is 14.2 Å². The fraction of sp³-hybridized carbons (Fsp3) is 0.333. The molecule has 3 aromatic rings. The summed E-state index contributed by atoms with van der Waals surface area (Å²) < 4.78 is 9.31. The second kappa shape index (κ2) is 7.89. The SMILES string of the molecule is CN(CCOc1cccc(Cl)c1)C(=O)Cn1cnc2c1c(=O)n(C)c(=O)n2C. The summed E-state index contributed by atoms with van der Waals surface area (Å²) in [6.07, 6.45) is 1.39. The number of carbonyl (C=O) groups excluding carboxylic acids is 1. The number of aromatic nitrogens is 4. The topological polar surface area (TPSA) is 91.4 Å². The van der Waals surface area contributed by atoms with Crippen molar-refractivity contribution in [3.8, 4) is 5.75 Å². The molecule has 0 saturated carbocycles. The van der Waals surface area contributed by atoms with Gasteiger partial charge in [0, 0.05) is 26.2 Å². The third-order valence-electron chi connectivity index (χ3n) is 4.44. The number of benzene rings is 1. The molecule has 0 atom stereocenters. The van der Waals surface area contributed by atoms with Gasteiger partial charge in [0.15, 0.2) is 11.2 Å². The van der Waals surface area contributed by atoms with E-state index in [-0.39, 0.29) is 23.6 Å². The predicted octanol–water partition coefficient (Wildman–Crippen LogP) is 0.624. The number of fused-ring (bicyclic) bond motifs is 1. The first-order chi connectivity index (χ1) is 13.3. The van der Waals surface area contributed by atoms with Crippen LogP contribution in [0.5, 0.6) is 5.75 Å². The lowest BCUT2D eigenvalue weighted by Gasteiger charge is -2.18. The molecule has 0 aliphatic carbocycles. The Labute approximate surface area is 165 Å². The molecule has 0 bridgehead atoms. The zero-order chi connectivity index (χ0) is 20.4. The molecular weight excluding hydrogens is 386 g/mol.